The van der Waals surface area contributed by atoms with Crippen LogP contribution < -0.4 is 5.32 Å². The van der Waals surface area contributed by atoms with Crippen molar-refractivity contribution in [3.8, 4) is 0 Å². The maximum atomic E-state index is 13.4. The van der Waals surface area contributed by atoms with Gasteiger partial charge in [0.15, 0.2) is 0 Å². The second-order valence-electron chi connectivity index (χ2n) is 4.48. The second kappa shape index (κ2) is 3.33. The number of benzene rings is 1. The Kier molecular flexibility index (Phi) is 2.25. The average Bonchev–Trinajstić information content (AvgIpc) is 2.52. The van der Waals surface area contributed by atoms with Gasteiger partial charge in [-0.15, -0.1) is 0 Å². The van der Waals surface area contributed by atoms with Crippen molar-refractivity contribution in [3.05, 3.63) is 35.1 Å². The Balaban J connectivity index is 2.37. The van der Waals surface area contributed by atoms with Crippen LogP contribution in [0.15, 0.2) is 18.2 Å². The molecule has 0 aliphatic carbocycles. The van der Waals surface area contributed by atoms with Crippen LogP contribution in [0.4, 0.5) is 4.39 Å². The standard InChI is InChI=1S/C12H14FNO/c1-8-3-4-9(5-10(8)13)12(2)6-11(15)14-7-12/h3-5H,6-7H2,1-2H3,(H,14,15). The molecule has 1 N–H and O–H groups in total. The number of nitrogens with one attached hydrogen (secondary N) is 1. The smallest absolute Gasteiger partial charge is 0.220 e. The van der Waals surface area contributed by atoms with Gasteiger partial charge in [0.1, 0.15) is 5.82 Å². The molecular weight excluding hydrogens is 193 g/mol. The molecule has 80 valence electrons. The van der Waals surface area contributed by atoms with Crippen LogP contribution in [0, 0.1) is 12.7 Å². The van der Waals surface area contributed by atoms with Crippen molar-refractivity contribution in [1.82, 2.24) is 5.32 Å². The van der Waals surface area contributed by atoms with Gasteiger partial charge in [-0.25, -0.2) is 4.39 Å². The van der Waals surface area contributed by atoms with Gasteiger partial charge in [-0.3, -0.25) is 4.79 Å². The van der Waals surface area contributed by atoms with Gasteiger partial charge in [0.05, 0.1) is 0 Å². The first kappa shape index (κ1) is 10.1. The van der Waals surface area contributed by atoms with E-state index in [4.69, 9.17) is 0 Å². The summed E-state index contributed by atoms with van der Waals surface area (Å²) in [6.45, 7) is 4.31. The van der Waals surface area contributed by atoms with E-state index in [2.05, 4.69) is 5.32 Å². The summed E-state index contributed by atoms with van der Waals surface area (Å²) in [5, 5.41) is 2.78. The van der Waals surface area contributed by atoms with E-state index in [1.54, 1.807) is 13.0 Å². The summed E-state index contributed by atoms with van der Waals surface area (Å²) in [7, 11) is 0. The van der Waals surface area contributed by atoms with E-state index in [1.165, 1.54) is 6.07 Å². The molecule has 2 nitrogen and oxygen atoms in total. The third kappa shape index (κ3) is 1.74. The molecule has 3 heteroatoms. The fraction of sp³-hybridized carbons (Fsp3) is 0.417. The number of carbonyl (C=O) groups is 1. The SMILES string of the molecule is Cc1ccc(C2(C)CNC(=O)C2)cc1F. The third-order valence-corrected chi connectivity index (χ3v) is 3.10. The van der Waals surface area contributed by atoms with Crippen LogP contribution in [0.25, 0.3) is 0 Å². The summed E-state index contributed by atoms with van der Waals surface area (Å²) in [6.07, 6.45) is 0.440. The number of halogens is 1. The van der Waals surface area contributed by atoms with E-state index in [1.807, 2.05) is 13.0 Å². The molecule has 1 saturated heterocycles. The second-order valence-corrected chi connectivity index (χ2v) is 4.48. The quantitative estimate of drug-likeness (QED) is 0.748. The van der Waals surface area contributed by atoms with Crippen LogP contribution in [0.5, 0.6) is 0 Å². The molecule has 0 spiro atoms. The van der Waals surface area contributed by atoms with Crippen LogP contribution in [-0.2, 0) is 10.2 Å². The number of rotatable bonds is 1. The lowest BCUT2D eigenvalue weighted by molar-refractivity contribution is -0.119. The minimum atomic E-state index is -0.258. The molecule has 15 heavy (non-hydrogen) atoms. The Labute approximate surface area is 88.5 Å². The van der Waals surface area contributed by atoms with Gasteiger partial charge in [0, 0.05) is 18.4 Å². The topological polar surface area (TPSA) is 29.1 Å². The maximum absolute atomic E-state index is 13.4. The summed E-state index contributed by atoms with van der Waals surface area (Å²) in [6, 6.07) is 5.20. The van der Waals surface area contributed by atoms with Crippen LogP contribution >= 0.6 is 0 Å². The summed E-state index contributed by atoms with van der Waals surface area (Å²) >= 11 is 0. The van der Waals surface area contributed by atoms with E-state index < -0.39 is 0 Å². The van der Waals surface area contributed by atoms with Crippen molar-refractivity contribution in [2.24, 2.45) is 0 Å². The molecule has 0 saturated carbocycles. The van der Waals surface area contributed by atoms with E-state index >= 15 is 0 Å². The van der Waals surface area contributed by atoms with Crippen molar-refractivity contribution in [2.75, 3.05) is 6.54 Å². The van der Waals surface area contributed by atoms with Crippen LogP contribution in [0.1, 0.15) is 24.5 Å². The number of hydrogen-bond donors (Lipinski definition) is 1. The van der Waals surface area contributed by atoms with E-state index in [0.717, 1.165) is 5.56 Å². The highest BCUT2D eigenvalue weighted by molar-refractivity contribution is 5.80. The van der Waals surface area contributed by atoms with Crippen LogP contribution in [0.3, 0.4) is 0 Å². The summed E-state index contributed by atoms with van der Waals surface area (Å²) in [4.78, 5) is 11.2. The van der Waals surface area contributed by atoms with Crippen molar-refractivity contribution in [3.63, 3.8) is 0 Å². The van der Waals surface area contributed by atoms with Gasteiger partial charge in [-0.05, 0) is 24.1 Å². The fourth-order valence-corrected chi connectivity index (χ4v) is 1.95. The first-order chi connectivity index (χ1) is 7.01. The fourth-order valence-electron chi connectivity index (χ4n) is 1.95. The largest absolute Gasteiger partial charge is 0.355 e. The monoisotopic (exact) mass is 207 g/mol. The molecule has 1 fully saturated rings. The molecule has 1 aromatic rings. The minimum absolute atomic E-state index is 0.0403. The molecule has 1 aliphatic heterocycles. The molecular formula is C12H14FNO. The van der Waals surface area contributed by atoms with Crippen molar-refractivity contribution >= 4 is 5.91 Å². The van der Waals surface area contributed by atoms with Crippen LogP contribution in [-0.4, -0.2) is 12.5 Å². The van der Waals surface area contributed by atoms with Gasteiger partial charge >= 0.3 is 0 Å². The highest BCUT2D eigenvalue weighted by Crippen LogP contribution is 2.31. The van der Waals surface area contributed by atoms with Gasteiger partial charge in [0.2, 0.25) is 5.91 Å². The number of amides is 1. The summed E-state index contributed by atoms with van der Waals surface area (Å²) in [5.41, 5.74) is 1.27. The Morgan fingerprint density at radius 3 is 2.73 bits per heavy atom. The lowest BCUT2D eigenvalue weighted by atomic mass is 9.81. The van der Waals surface area contributed by atoms with Gasteiger partial charge in [-0.1, -0.05) is 19.1 Å². The van der Waals surface area contributed by atoms with Gasteiger partial charge in [-0.2, -0.15) is 0 Å². The number of hydrogen-bond acceptors (Lipinski definition) is 1. The Morgan fingerprint density at radius 2 is 2.20 bits per heavy atom. The Bertz CT molecular complexity index is 416. The molecule has 0 radical (unpaired) electrons. The van der Waals surface area contributed by atoms with Gasteiger partial charge < -0.3 is 5.32 Å². The molecule has 1 aromatic carbocycles. The van der Waals surface area contributed by atoms with Crippen molar-refractivity contribution in [1.29, 1.82) is 0 Å². The Hall–Kier alpha value is -1.38. The first-order valence-electron chi connectivity index (χ1n) is 5.05. The zero-order chi connectivity index (χ0) is 11.1. The molecule has 0 aromatic heterocycles. The number of aryl methyl sites for hydroxylation is 1. The molecule has 1 atom stereocenters. The molecule has 1 amide bonds. The lowest BCUT2D eigenvalue weighted by Crippen LogP contribution is -2.25. The van der Waals surface area contributed by atoms with E-state index in [-0.39, 0.29) is 17.1 Å². The zero-order valence-electron chi connectivity index (χ0n) is 8.93. The van der Waals surface area contributed by atoms with E-state index in [9.17, 15) is 9.18 Å². The molecule has 2 rings (SSSR count). The van der Waals surface area contributed by atoms with Crippen molar-refractivity contribution < 1.29 is 9.18 Å². The maximum Gasteiger partial charge on any atom is 0.220 e. The predicted octanol–water partition coefficient (Wildman–Crippen LogP) is 1.91. The average molecular weight is 207 g/mol. The minimum Gasteiger partial charge on any atom is -0.355 e. The first-order valence-corrected chi connectivity index (χ1v) is 5.05. The van der Waals surface area contributed by atoms with Crippen LogP contribution in [0.2, 0.25) is 0 Å². The normalized spacial score (nSPS) is 25.4. The van der Waals surface area contributed by atoms with Crippen molar-refractivity contribution in [2.45, 2.75) is 25.7 Å². The molecule has 1 heterocycles. The van der Waals surface area contributed by atoms with Gasteiger partial charge in [0.25, 0.3) is 0 Å². The third-order valence-electron chi connectivity index (χ3n) is 3.10. The summed E-state index contributed by atoms with van der Waals surface area (Å²) in [5.74, 6) is -0.161. The number of carbonyl (C=O) groups excluding carboxylic acids is 1. The zero-order valence-corrected chi connectivity index (χ0v) is 8.93. The predicted molar refractivity (Wildman–Crippen MR) is 56.1 cm³/mol. The summed E-state index contributed by atoms with van der Waals surface area (Å²) < 4.78 is 13.4. The molecule has 1 aliphatic rings. The molecule has 1 unspecified atom stereocenters. The highest BCUT2D eigenvalue weighted by Gasteiger charge is 2.35. The highest BCUT2D eigenvalue weighted by atomic mass is 19.1. The Morgan fingerprint density at radius 1 is 1.47 bits per heavy atom. The van der Waals surface area contributed by atoms with E-state index in [0.29, 0.717) is 18.5 Å². The lowest BCUT2D eigenvalue weighted by Gasteiger charge is -2.22. The molecule has 0 bridgehead atoms.